The highest BCUT2D eigenvalue weighted by Gasteiger charge is 2.37. The van der Waals surface area contributed by atoms with Crippen LogP contribution in [0.15, 0.2) is 103 Å². The second kappa shape index (κ2) is 31.4. The maximum atomic E-state index is 15.0. The molecule has 0 aliphatic carbocycles. The van der Waals surface area contributed by atoms with Gasteiger partial charge in [-0.2, -0.15) is 0 Å². The van der Waals surface area contributed by atoms with Gasteiger partial charge in [0.15, 0.2) is 0 Å². The number of aliphatic hydroxyl groups is 3. The van der Waals surface area contributed by atoms with E-state index in [1.165, 1.54) is 56.4 Å². The Balaban J connectivity index is 1.43. The third-order valence-corrected chi connectivity index (χ3v) is 15.8. The van der Waals surface area contributed by atoms with E-state index in [2.05, 4.69) is 57.9 Å². The minimum absolute atomic E-state index is 0.0171. The molecule has 0 spiro atoms. The Morgan fingerprint density at radius 2 is 1.39 bits per heavy atom. The van der Waals surface area contributed by atoms with Crippen molar-refractivity contribution in [2.45, 2.75) is 113 Å². The topological polar surface area (TPSA) is 406 Å². The van der Waals surface area contributed by atoms with E-state index in [4.69, 9.17) is 11.6 Å². The van der Waals surface area contributed by atoms with E-state index in [0.717, 1.165) is 27.1 Å². The third-order valence-electron chi connectivity index (χ3n) is 13.4. The molecule has 1 saturated heterocycles. The first kappa shape index (κ1) is 63.4. The van der Waals surface area contributed by atoms with Gasteiger partial charge in [-0.25, -0.2) is 10.8 Å². The van der Waals surface area contributed by atoms with Crippen LogP contribution in [0.4, 0.5) is 5.82 Å². The number of phenolic OH excluding ortho intramolecular Hbond substituents is 1. The predicted molar refractivity (Wildman–Crippen MR) is 309 cm³/mol. The number of hydrogen-bond acceptors (Lipinski definition) is 18. The Morgan fingerprint density at radius 1 is 0.732 bits per heavy atom. The van der Waals surface area contributed by atoms with Crippen LogP contribution >= 0.6 is 21.6 Å². The largest absolute Gasteiger partial charge is 0.508 e. The van der Waals surface area contributed by atoms with Crippen LogP contribution < -0.4 is 59.5 Å². The van der Waals surface area contributed by atoms with Crippen LogP contribution in [0.2, 0.25) is 0 Å². The van der Waals surface area contributed by atoms with Crippen molar-refractivity contribution < 1.29 is 58.8 Å². The maximum Gasteiger partial charge on any atom is 0.253 e. The number of hydrazine groups is 1. The molecule has 1 aliphatic rings. The lowest BCUT2D eigenvalue weighted by Gasteiger charge is -2.29. The van der Waals surface area contributed by atoms with Gasteiger partial charge in [0.1, 0.15) is 53.9 Å². The van der Waals surface area contributed by atoms with Crippen LogP contribution in [0, 0.1) is 0 Å². The number of aliphatic hydroxyl groups excluding tert-OH is 3. The van der Waals surface area contributed by atoms with Gasteiger partial charge in [0.25, 0.3) is 5.91 Å². The summed E-state index contributed by atoms with van der Waals surface area (Å²) in [7, 11) is 1.91. The van der Waals surface area contributed by atoms with Crippen molar-refractivity contribution in [3.05, 3.63) is 126 Å². The van der Waals surface area contributed by atoms with Gasteiger partial charge in [0.2, 0.25) is 41.4 Å². The highest BCUT2D eigenvalue weighted by molar-refractivity contribution is 8.76. The molecule has 0 radical (unpaired) electrons. The summed E-state index contributed by atoms with van der Waals surface area (Å²) in [5.41, 5.74) is 10.7. The number of carbonyl (C=O) groups is 8. The Labute approximate surface area is 480 Å². The van der Waals surface area contributed by atoms with Gasteiger partial charge >= 0.3 is 0 Å². The molecule has 3 aromatic carbocycles. The lowest BCUT2D eigenvalue weighted by Crippen LogP contribution is -2.62. The number of nitrogens with zero attached hydrogens (tertiary/aromatic N) is 1. The zero-order valence-electron chi connectivity index (χ0n) is 45.1. The molecule has 6 rings (SSSR count). The first-order valence-corrected chi connectivity index (χ1v) is 29.0. The number of fused-ring (bicyclic) bond motifs is 1. The van der Waals surface area contributed by atoms with Crippen LogP contribution in [0.25, 0.3) is 10.9 Å². The summed E-state index contributed by atoms with van der Waals surface area (Å²) in [5.74, 6) is -1.90. The van der Waals surface area contributed by atoms with Gasteiger partial charge < -0.3 is 79.1 Å². The zero-order valence-corrected chi connectivity index (χ0v) is 46.8. The number of phenols is 1. The fourth-order valence-electron chi connectivity index (χ4n) is 8.69. The molecule has 0 bridgehead atoms. The molecule has 0 saturated carbocycles. The second-order valence-corrected chi connectivity index (χ2v) is 22.2. The number of nitrogen functional groups attached to an aromatic ring is 1. The Bertz CT molecular complexity index is 2960. The molecule has 18 N–H and O–H groups in total. The number of nitrogens with one attached hydrogen (secondary N) is 10. The smallest absolute Gasteiger partial charge is 0.253 e. The summed E-state index contributed by atoms with van der Waals surface area (Å²) in [5, 5.41) is 63.6. The number of pyridine rings is 1. The molecule has 440 valence electrons. The average molecular weight is 1170 g/mol. The van der Waals surface area contributed by atoms with Crippen LogP contribution in [0.5, 0.6) is 5.75 Å². The number of anilines is 1. The minimum Gasteiger partial charge on any atom is -0.508 e. The quantitative estimate of drug-likeness (QED) is 0.0193. The Morgan fingerprint density at radius 3 is 2.05 bits per heavy atom. The number of para-hydroxylation sites is 1. The summed E-state index contributed by atoms with van der Waals surface area (Å²) in [6, 6.07) is 13.1. The molecule has 2 aromatic heterocycles. The maximum absolute atomic E-state index is 15.0. The van der Waals surface area contributed by atoms with Crippen molar-refractivity contribution in [3.63, 3.8) is 0 Å². The van der Waals surface area contributed by atoms with Crippen LogP contribution in [-0.4, -0.2) is 163 Å². The number of aromatic hydroxyl groups is 1. The van der Waals surface area contributed by atoms with Gasteiger partial charge in [0.05, 0.1) is 30.4 Å². The number of unbranched alkanes of at least 4 members (excludes halogenated alkanes) is 1. The molecule has 5 aromatic rings. The van der Waals surface area contributed by atoms with Crippen molar-refractivity contribution in [1.82, 2.24) is 52.5 Å². The van der Waals surface area contributed by atoms with Gasteiger partial charge in [-0.15, -0.1) is 0 Å². The number of amides is 8. The van der Waals surface area contributed by atoms with Crippen molar-refractivity contribution >= 4 is 85.6 Å². The number of nitrogens with two attached hydrogens (primary N) is 2. The fraction of sp³-hybridized carbons (Fsp3) is 0.400. The van der Waals surface area contributed by atoms with Crippen molar-refractivity contribution in [1.29, 1.82) is 0 Å². The highest BCUT2D eigenvalue weighted by Crippen LogP contribution is 2.25. The standard InChI is InChI=1S/C55H71N13O12S2/c1-30(70)43(27-69)64-54(79)45-29-82-81-28-44(65-51(76)40(22-32-10-4-3-5-11-32)61-48(73)34-17-20-46(68-57)59-25-34)53(78)62-41(23-33-15-18-36(72)19-16-33)50(75)63-42(24-35-26-58-38-13-7-6-12-37(35)38)52(77)60-39(14-8-9-21-56)49(74)67-47(31(2)71)55(80)66-45/h3-7,10-13,15-20,25-26,30-31,39-45,47,58,69-72H,8-9,14,21-24,27-29,56-57H2,1-2H3,(H,59,68)(H,60,77)(H,61,73)(H,62,78)(H,63,75)(H,64,79)(H,65,76)(H,66,80)(H,67,74)/t30-,31-,39?,40-,41+,42-,43-,44?,45+,47?/m1/s1. The molecule has 3 unspecified atom stereocenters. The monoisotopic (exact) mass is 1170 g/mol. The summed E-state index contributed by atoms with van der Waals surface area (Å²) >= 11 is 0. The highest BCUT2D eigenvalue weighted by atomic mass is 33.1. The van der Waals surface area contributed by atoms with E-state index in [1.54, 1.807) is 42.6 Å². The summed E-state index contributed by atoms with van der Waals surface area (Å²) < 4.78 is 0. The average Bonchev–Trinajstić information content (AvgIpc) is 4.10. The minimum atomic E-state index is -1.72. The Hall–Kier alpha value is -7.79. The molecule has 10 atom stereocenters. The molecule has 82 heavy (non-hydrogen) atoms. The van der Waals surface area contributed by atoms with E-state index in [0.29, 0.717) is 34.9 Å². The van der Waals surface area contributed by atoms with E-state index in [-0.39, 0.29) is 60.9 Å². The predicted octanol–water partition coefficient (Wildman–Crippen LogP) is -0.948. The molecular weight excluding hydrogens is 1100 g/mol. The number of H-pyrrole nitrogens is 1. The van der Waals surface area contributed by atoms with Gasteiger partial charge in [0, 0.05) is 54.1 Å². The molecule has 25 nitrogen and oxygen atoms in total. The van der Waals surface area contributed by atoms with Gasteiger partial charge in [-0.3, -0.25) is 38.4 Å². The molecule has 1 aliphatic heterocycles. The van der Waals surface area contributed by atoms with E-state index < -0.39 is 114 Å². The second-order valence-electron chi connectivity index (χ2n) is 19.7. The molecule has 27 heteroatoms. The zero-order chi connectivity index (χ0) is 59.3. The van der Waals surface area contributed by atoms with Gasteiger partial charge in [-0.05, 0) is 86.7 Å². The normalized spacial score (nSPS) is 21.2. The number of benzene rings is 3. The summed E-state index contributed by atoms with van der Waals surface area (Å²) in [6.45, 7) is 2.09. The first-order chi connectivity index (χ1) is 39.4. The third kappa shape index (κ3) is 18.6. The number of aromatic nitrogens is 2. The molecule has 3 heterocycles. The van der Waals surface area contributed by atoms with Crippen molar-refractivity contribution in [3.8, 4) is 5.75 Å². The lowest BCUT2D eigenvalue weighted by molar-refractivity contribution is -0.136. The van der Waals surface area contributed by atoms with E-state index >= 15 is 0 Å². The molecule has 8 amide bonds. The number of hydrogen-bond donors (Lipinski definition) is 16. The molecular formula is C55H71N13O12S2. The van der Waals surface area contributed by atoms with Crippen molar-refractivity contribution in [2.75, 3.05) is 30.1 Å². The SMILES string of the molecule is C[C@@H](O)C1NC(=O)C(CCCCN)NC(=O)[C@@H](Cc2c[nH]c3ccccc23)NC(=O)[C@H](Cc2ccc(O)cc2)NC(=O)C(NC(=O)[C@@H](Cc2ccccc2)NC(=O)c2ccc(NN)nc2)CSSC[C@@H](C(=O)N[C@H](CO)[C@@H](C)O)NC1=O. The van der Waals surface area contributed by atoms with Crippen LogP contribution in [0.1, 0.15) is 60.2 Å². The Kier molecular flexibility index (Phi) is 24.3. The van der Waals surface area contributed by atoms with Crippen LogP contribution in [0.3, 0.4) is 0 Å². The summed E-state index contributed by atoms with van der Waals surface area (Å²) in [6.07, 6.45) is 0.361. The fourth-order valence-corrected chi connectivity index (χ4v) is 11.0. The van der Waals surface area contributed by atoms with Gasteiger partial charge in [-0.1, -0.05) is 82.3 Å². The number of rotatable bonds is 20. The first-order valence-electron chi connectivity index (χ1n) is 26.5. The lowest BCUT2D eigenvalue weighted by atomic mass is 10.0. The van der Waals surface area contributed by atoms with Crippen LogP contribution in [-0.2, 0) is 52.8 Å². The van der Waals surface area contributed by atoms with E-state index in [1.807, 2.05) is 18.2 Å². The number of aromatic amines is 1. The summed E-state index contributed by atoms with van der Waals surface area (Å²) in [4.78, 5) is 123. The van der Waals surface area contributed by atoms with E-state index in [9.17, 15) is 58.8 Å². The molecule has 1 fully saturated rings. The number of carbonyl (C=O) groups excluding carboxylic acids is 8. The van der Waals surface area contributed by atoms with Crippen molar-refractivity contribution in [2.24, 2.45) is 11.6 Å².